The molecule has 0 spiro atoms. The van der Waals surface area contributed by atoms with Gasteiger partial charge in [-0.3, -0.25) is 0 Å². The number of rotatable bonds is 10. The van der Waals surface area contributed by atoms with E-state index in [4.69, 9.17) is 11.5 Å². The molecule has 0 heterocycles. The predicted octanol–water partition coefficient (Wildman–Crippen LogP) is 9.42. The lowest BCUT2D eigenvalue weighted by molar-refractivity contribution is 0.145. The van der Waals surface area contributed by atoms with Crippen molar-refractivity contribution in [3.05, 3.63) is 177 Å². The van der Waals surface area contributed by atoms with Gasteiger partial charge in [0.25, 0.3) is 0 Å². The topological polar surface area (TPSA) is 52.0 Å². The van der Waals surface area contributed by atoms with Crippen molar-refractivity contribution < 1.29 is 0 Å². The zero-order valence-electron chi connectivity index (χ0n) is 34.8. The average molecular weight is 775 g/mol. The molecule has 56 heavy (non-hydrogen) atoms. The van der Waals surface area contributed by atoms with Crippen LogP contribution in [0.3, 0.4) is 0 Å². The molecule has 1 saturated carbocycles. The average Bonchev–Trinajstić information content (AvgIpc) is 3.10. The Hall–Kier alpha value is -3.90. The minimum atomic E-state index is -0.830. The molecule has 288 valence electrons. The van der Waals surface area contributed by atoms with Crippen LogP contribution in [0.1, 0.15) is 81.3 Å². The molecule has 1 aliphatic carbocycles. The van der Waals surface area contributed by atoms with E-state index in [-0.39, 0.29) is 0 Å². The summed E-state index contributed by atoms with van der Waals surface area (Å²) in [5, 5.41) is 8.35. The van der Waals surface area contributed by atoms with E-state index < -0.39 is 26.9 Å². The fraction of sp³-hybridized carbons (Fsp3) is 0.308. The van der Waals surface area contributed by atoms with Gasteiger partial charge in [0.2, 0.25) is 0 Å². The Kier molecular flexibility index (Phi) is 11.9. The zero-order valence-corrected chi connectivity index (χ0v) is 36.6. The third kappa shape index (κ3) is 8.66. The van der Waals surface area contributed by atoms with E-state index in [0.717, 1.165) is 38.5 Å². The third-order valence-corrected chi connectivity index (χ3v) is 16.8. The van der Waals surface area contributed by atoms with Crippen LogP contribution in [0.15, 0.2) is 121 Å². The summed E-state index contributed by atoms with van der Waals surface area (Å²) < 4.78 is 0. The van der Waals surface area contributed by atoms with E-state index in [1.54, 1.807) is 0 Å². The molecule has 0 saturated heterocycles. The Morgan fingerprint density at radius 3 is 0.911 bits per heavy atom. The maximum absolute atomic E-state index is 7.88. The van der Waals surface area contributed by atoms with Gasteiger partial charge in [0, 0.05) is 11.1 Å². The minimum Gasteiger partial charge on any atom is -0.323 e. The van der Waals surface area contributed by atoms with Crippen molar-refractivity contribution >= 4 is 47.7 Å². The zero-order chi connectivity index (χ0) is 39.8. The summed E-state index contributed by atoms with van der Waals surface area (Å²) in [5.74, 6) is 0. The summed E-state index contributed by atoms with van der Waals surface area (Å²) in [5.41, 5.74) is 27.7. The monoisotopic (exact) mass is 774 g/mol. The number of aryl methyl sites for hydroxylation is 8. The van der Waals surface area contributed by atoms with Crippen molar-refractivity contribution in [2.45, 2.75) is 105 Å². The molecular formula is C52H60N2P2. The molecule has 0 radical (unpaired) electrons. The van der Waals surface area contributed by atoms with Gasteiger partial charge in [0.1, 0.15) is 0 Å². The molecule has 4 heteroatoms. The summed E-state index contributed by atoms with van der Waals surface area (Å²) in [6.45, 7) is 17.8. The Morgan fingerprint density at radius 1 is 0.393 bits per heavy atom. The summed E-state index contributed by atoms with van der Waals surface area (Å²) in [4.78, 5) is 0. The predicted molar refractivity (Wildman–Crippen MR) is 248 cm³/mol. The first-order chi connectivity index (χ1) is 26.7. The van der Waals surface area contributed by atoms with Crippen LogP contribution in [0, 0.1) is 55.4 Å². The van der Waals surface area contributed by atoms with Crippen molar-refractivity contribution in [3.63, 3.8) is 0 Å². The van der Waals surface area contributed by atoms with Crippen LogP contribution >= 0.6 is 15.8 Å². The van der Waals surface area contributed by atoms with Crippen LogP contribution in [0.4, 0.5) is 0 Å². The molecule has 6 aromatic rings. The van der Waals surface area contributed by atoms with Gasteiger partial charge in [0.05, 0.1) is 0 Å². The maximum Gasteiger partial charge on any atom is 0.0381 e. The molecule has 1 aliphatic rings. The number of hydrogen-bond acceptors (Lipinski definition) is 2. The Bertz CT molecular complexity index is 2030. The van der Waals surface area contributed by atoms with Gasteiger partial charge in [-0.05, 0) is 140 Å². The van der Waals surface area contributed by atoms with Crippen LogP contribution in [-0.2, 0) is 12.8 Å². The molecule has 6 aromatic carbocycles. The fourth-order valence-corrected chi connectivity index (χ4v) is 15.2. The highest BCUT2D eigenvalue weighted by molar-refractivity contribution is 7.80. The van der Waals surface area contributed by atoms with Crippen LogP contribution < -0.4 is 43.3 Å². The molecule has 0 amide bonds. The lowest BCUT2D eigenvalue weighted by Gasteiger charge is -2.50. The van der Waals surface area contributed by atoms with E-state index in [2.05, 4.69) is 177 Å². The molecule has 0 aromatic heterocycles. The van der Waals surface area contributed by atoms with Gasteiger partial charge in [-0.2, -0.15) is 0 Å². The van der Waals surface area contributed by atoms with Crippen molar-refractivity contribution in [1.29, 1.82) is 0 Å². The van der Waals surface area contributed by atoms with E-state index in [1.165, 1.54) is 87.5 Å². The Labute approximate surface area is 339 Å². The summed E-state index contributed by atoms with van der Waals surface area (Å²) >= 11 is 0. The van der Waals surface area contributed by atoms with Crippen molar-refractivity contribution in [2.75, 3.05) is 0 Å². The normalized spacial score (nSPS) is 18.5. The molecule has 2 unspecified atom stereocenters. The highest BCUT2D eigenvalue weighted by atomic mass is 31.1. The molecule has 2 atom stereocenters. The number of benzene rings is 6. The Morgan fingerprint density at radius 2 is 0.643 bits per heavy atom. The van der Waals surface area contributed by atoms with Gasteiger partial charge >= 0.3 is 0 Å². The summed E-state index contributed by atoms with van der Waals surface area (Å²) in [6, 6.07) is 46.6. The molecule has 7 rings (SSSR count). The molecule has 1 fully saturated rings. The van der Waals surface area contributed by atoms with E-state index in [0.29, 0.717) is 0 Å². The third-order valence-electron chi connectivity index (χ3n) is 11.8. The first-order valence-electron chi connectivity index (χ1n) is 20.4. The molecular weight excluding hydrogens is 715 g/mol. The van der Waals surface area contributed by atoms with Crippen molar-refractivity contribution in [1.82, 2.24) is 0 Å². The second-order valence-corrected chi connectivity index (χ2v) is 21.6. The first-order valence-corrected chi connectivity index (χ1v) is 23.1. The first kappa shape index (κ1) is 40.3. The standard InChI is InChI=1S/C52H60N2P2/c1-35-21-36(2)26-45(25-35)55(46-27-37(3)22-38(4)28-46)49-17-11-9-15-43(49)33-51(53)19-13-14-20-52(51,54)34-44-16-10-12-18-50(44)56(47-29-39(5)23-40(6)30-47)48-31-41(7)24-42(8)32-48/h9-12,15-18,21-32H,13-14,19-20,33-34,53-54H2,1-8H3. The highest BCUT2D eigenvalue weighted by Gasteiger charge is 2.48. The van der Waals surface area contributed by atoms with Crippen LogP contribution in [0.25, 0.3) is 0 Å². The molecule has 4 N–H and O–H groups in total. The lowest BCUT2D eigenvalue weighted by Crippen LogP contribution is -2.70. The minimum absolute atomic E-state index is 0.580. The van der Waals surface area contributed by atoms with E-state index in [9.17, 15) is 0 Å². The van der Waals surface area contributed by atoms with Crippen LogP contribution in [0.5, 0.6) is 0 Å². The van der Waals surface area contributed by atoms with Crippen molar-refractivity contribution in [2.24, 2.45) is 11.5 Å². The van der Waals surface area contributed by atoms with Crippen LogP contribution in [0.2, 0.25) is 0 Å². The van der Waals surface area contributed by atoms with E-state index in [1.807, 2.05) is 0 Å². The van der Waals surface area contributed by atoms with Gasteiger partial charge in [-0.25, -0.2) is 0 Å². The second kappa shape index (κ2) is 16.5. The largest absolute Gasteiger partial charge is 0.323 e. The smallest absolute Gasteiger partial charge is 0.0381 e. The summed E-state index contributed by atoms with van der Waals surface area (Å²) in [6.07, 6.45) is 5.51. The second-order valence-electron chi connectivity index (χ2n) is 17.2. The van der Waals surface area contributed by atoms with Gasteiger partial charge < -0.3 is 11.5 Å². The summed E-state index contributed by atoms with van der Waals surface area (Å²) in [7, 11) is -1.66. The fourth-order valence-electron chi connectivity index (χ4n) is 9.52. The molecule has 0 bridgehead atoms. The van der Waals surface area contributed by atoms with Crippen molar-refractivity contribution in [3.8, 4) is 0 Å². The quantitative estimate of drug-likeness (QED) is 0.136. The molecule has 0 aliphatic heterocycles. The number of hydrogen-bond donors (Lipinski definition) is 2. The number of nitrogens with two attached hydrogens (primary N) is 2. The Balaban J connectivity index is 1.32. The highest BCUT2D eigenvalue weighted by Crippen LogP contribution is 2.43. The van der Waals surface area contributed by atoms with E-state index >= 15 is 0 Å². The molecule has 2 nitrogen and oxygen atoms in total. The lowest BCUT2D eigenvalue weighted by atomic mass is 9.63. The van der Waals surface area contributed by atoms with Gasteiger partial charge in [-0.15, -0.1) is 0 Å². The van der Waals surface area contributed by atoms with Gasteiger partial charge in [0.15, 0.2) is 0 Å². The SMILES string of the molecule is Cc1cc(C)cc(P(c2cc(C)cc(C)c2)c2ccccc2CC2(N)CCCCC2(N)Cc2ccccc2P(c2cc(C)cc(C)c2)c2cc(C)cc(C)c2)c1. The van der Waals surface area contributed by atoms with Gasteiger partial charge in [-0.1, -0.05) is 179 Å². The maximum atomic E-state index is 7.88. The van der Waals surface area contributed by atoms with Crippen LogP contribution in [-0.4, -0.2) is 11.1 Å².